The fourth-order valence-electron chi connectivity index (χ4n) is 2.21. The summed E-state index contributed by atoms with van der Waals surface area (Å²) in [6.07, 6.45) is 2.42. The first-order valence-electron chi connectivity index (χ1n) is 6.22. The van der Waals surface area contributed by atoms with E-state index in [1.165, 1.54) is 12.8 Å². The average molecular weight is 233 g/mol. The molecular formula is C14H19NO2. The third-order valence-corrected chi connectivity index (χ3v) is 3.12. The molecule has 2 rings (SSSR count). The molecule has 0 unspecified atom stereocenters. The molecule has 3 nitrogen and oxygen atoms in total. The van der Waals surface area contributed by atoms with Crippen LogP contribution in [0.4, 0.5) is 5.69 Å². The lowest BCUT2D eigenvalue weighted by Gasteiger charge is -2.34. The quantitative estimate of drug-likeness (QED) is 0.812. The van der Waals surface area contributed by atoms with E-state index in [9.17, 15) is 4.79 Å². The van der Waals surface area contributed by atoms with Crippen LogP contribution in [0.15, 0.2) is 24.3 Å². The van der Waals surface area contributed by atoms with Gasteiger partial charge in [-0.15, -0.1) is 0 Å². The summed E-state index contributed by atoms with van der Waals surface area (Å²) in [5, 5.41) is 3.44. The predicted octanol–water partition coefficient (Wildman–Crippen LogP) is 3.07. The van der Waals surface area contributed by atoms with Gasteiger partial charge in [-0.05, 0) is 43.9 Å². The maximum atomic E-state index is 11.6. The molecule has 1 saturated carbocycles. The molecule has 3 heteroatoms. The molecule has 0 bridgehead atoms. The molecule has 1 aromatic carbocycles. The van der Waals surface area contributed by atoms with Gasteiger partial charge in [0.2, 0.25) is 0 Å². The minimum Gasteiger partial charge on any atom is -0.462 e. The minimum atomic E-state index is -0.252. The van der Waals surface area contributed by atoms with Gasteiger partial charge in [-0.2, -0.15) is 0 Å². The summed E-state index contributed by atoms with van der Waals surface area (Å²) in [6.45, 7) is 4.49. The average Bonchev–Trinajstić information content (AvgIpc) is 2.28. The van der Waals surface area contributed by atoms with Crippen LogP contribution < -0.4 is 5.32 Å². The number of carbonyl (C=O) groups excluding carboxylic acids is 1. The van der Waals surface area contributed by atoms with Gasteiger partial charge in [0.15, 0.2) is 0 Å². The number of carbonyl (C=O) groups is 1. The molecule has 1 aromatic rings. The number of esters is 1. The van der Waals surface area contributed by atoms with Crippen molar-refractivity contribution in [2.45, 2.75) is 32.7 Å². The number of benzene rings is 1. The first-order chi connectivity index (χ1) is 8.19. The van der Waals surface area contributed by atoms with Crippen LogP contribution in [0.2, 0.25) is 0 Å². The molecule has 0 saturated heterocycles. The Labute approximate surface area is 102 Å². The van der Waals surface area contributed by atoms with Crippen LogP contribution >= 0.6 is 0 Å². The standard InChI is InChI=1S/C14H19NO2/c1-3-17-14(16)11-5-4-6-12(9-11)15-13-7-10(2)8-13/h4-6,9-10,13,15H,3,7-8H2,1-2H3. The van der Waals surface area contributed by atoms with E-state index in [4.69, 9.17) is 4.74 Å². The number of hydrogen-bond donors (Lipinski definition) is 1. The number of rotatable bonds is 4. The van der Waals surface area contributed by atoms with Crippen molar-refractivity contribution in [2.75, 3.05) is 11.9 Å². The Balaban J connectivity index is 1.98. The molecule has 0 aromatic heterocycles. The molecule has 0 spiro atoms. The lowest BCUT2D eigenvalue weighted by atomic mass is 9.82. The van der Waals surface area contributed by atoms with Gasteiger partial charge in [0.25, 0.3) is 0 Å². The molecule has 0 amide bonds. The summed E-state index contributed by atoms with van der Waals surface area (Å²) >= 11 is 0. The van der Waals surface area contributed by atoms with Crippen molar-refractivity contribution in [3.05, 3.63) is 29.8 Å². The van der Waals surface area contributed by atoms with E-state index in [2.05, 4.69) is 12.2 Å². The van der Waals surface area contributed by atoms with Gasteiger partial charge >= 0.3 is 5.97 Å². The summed E-state index contributed by atoms with van der Waals surface area (Å²) in [6, 6.07) is 8.08. The summed E-state index contributed by atoms with van der Waals surface area (Å²) in [4.78, 5) is 11.6. The van der Waals surface area contributed by atoms with Crippen molar-refractivity contribution < 1.29 is 9.53 Å². The second kappa shape index (κ2) is 5.21. The summed E-state index contributed by atoms with van der Waals surface area (Å²) in [7, 11) is 0. The largest absolute Gasteiger partial charge is 0.462 e. The Morgan fingerprint density at radius 3 is 2.88 bits per heavy atom. The smallest absolute Gasteiger partial charge is 0.338 e. The molecule has 1 aliphatic rings. The van der Waals surface area contributed by atoms with Gasteiger partial charge in [-0.1, -0.05) is 13.0 Å². The Morgan fingerprint density at radius 2 is 2.24 bits per heavy atom. The SMILES string of the molecule is CCOC(=O)c1cccc(NC2CC(C)C2)c1. The van der Waals surface area contributed by atoms with E-state index < -0.39 is 0 Å². The number of nitrogens with one attached hydrogen (secondary N) is 1. The van der Waals surface area contributed by atoms with Crippen molar-refractivity contribution in [2.24, 2.45) is 5.92 Å². The Kier molecular flexibility index (Phi) is 3.67. The van der Waals surface area contributed by atoms with Crippen molar-refractivity contribution in [3.8, 4) is 0 Å². The van der Waals surface area contributed by atoms with Crippen LogP contribution in [0.5, 0.6) is 0 Å². The molecule has 0 heterocycles. The van der Waals surface area contributed by atoms with E-state index in [-0.39, 0.29) is 5.97 Å². The topological polar surface area (TPSA) is 38.3 Å². The van der Waals surface area contributed by atoms with Crippen LogP contribution in [-0.4, -0.2) is 18.6 Å². The monoisotopic (exact) mass is 233 g/mol. The van der Waals surface area contributed by atoms with E-state index in [0.717, 1.165) is 11.6 Å². The Hall–Kier alpha value is -1.51. The zero-order chi connectivity index (χ0) is 12.3. The molecule has 17 heavy (non-hydrogen) atoms. The van der Waals surface area contributed by atoms with E-state index in [1.54, 1.807) is 6.07 Å². The van der Waals surface area contributed by atoms with Crippen LogP contribution in [0.3, 0.4) is 0 Å². The second-order valence-corrected chi connectivity index (χ2v) is 4.72. The van der Waals surface area contributed by atoms with Gasteiger partial charge in [0, 0.05) is 11.7 Å². The fraction of sp³-hybridized carbons (Fsp3) is 0.500. The fourth-order valence-corrected chi connectivity index (χ4v) is 2.21. The lowest BCUT2D eigenvalue weighted by molar-refractivity contribution is 0.0526. The molecule has 1 fully saturated rings. The Bertz CT molecular complexity index is 397. The number of hydrogen-bond acceptors (Lipinski definition) is 3. The van der Waals surface area contributed by atoms with Gasteiger partial charge in [0.05, 0.1) is 12.2 Å². The summed E-state index contributed by atoms with van der Waals surface area (Å²) < 4.78 is 4.98. The van der Waals surface area contributed by atoms with Crippen molar-refractivity contribution >= 4 is 11.7 Å². The number of ether oxygens (including phenoxy) is 1. The Morgan fingerprint density at radius 1 is 1.47 bits per heavy atom. The highest BCUT2D eigenvalue weighted by molar-refractivity contribution is 5.90. The van der Waals surface area contributed by atoms with E-state index in [1.807, 2.05) is 25.1 Å². The molecule has 1 N–H and O–H groups in total. The molecule has 0 aliphatic heterocycles. The molecule has 0 radical (unpaired) electrons. The number of anilines is 1. The summed E-state index contributed by atoms with van der Waals surface area (Å²) in [5.74, 6) is 0.568. The molecule has 92 valence electrons. The summed E-state index contributed by atoms with van der Waals surface area (Å²) in [5.41, 5.74) is 1.62. The highest BCUT2D eigenvalue weighted by Gasteiger charge is 2.24. The van der Waals surface area contributed by atoms with Gasteiger partial charge in [-0.3, -0.25) is 0 Å². The van der Waals surface area contributed by atoms with Crippen LogP contribution in [0, 0.1) is 5.92 Å². The maximum Gasteiger partial charge on any atom is 0.338 e. The van der Waals surface area contributed by atoms with Gasteiger partial charge < -0.3 is 10.1 Å². The highest BCUT2D eigenvalue weighted by Crippen LogP contribution is 2.29. The van der Waals surface area contributed by atoms with Crippen molar-refractivity contribution in [1.29, 1.82) is 0 Å². The predicted molar refractivity (Wildman–Crippen MR) is 68.2 cm³/mol. The van der Waals surface area contributed by atoms with Gasteiger partial charge in [-0.25, -0.2) is 4.79 Å². The maximum absolute atomic E-state index is 11.6. The van der Waals surface area contributed by atoms with E-state index in [0.29, 0.717) is 18.2 Å². The third-order valence-electron chi connectivity index (χ3n) is 3.12. The van der Waals surface area contributed by atoms with Crippen molar-refractivity contribution in [1.82, 2.24) is 0 Å². The minimum absolute atomic E-state index is 0.252. The van der Waals surface area contributed by atoms with E-state index >= 15 is 0 Å². The van der Waals surface area contributed by atoms with Gasteiger partial charge in [0.1, 0.15) is 0 Å². The zero-order valence-electron chi connectivity index (χ0n) is 10.4. The highest BCUT2D eigenvalue weighted by atomic mass is 16.5. The molecule has 1 aliphatic carbocycles. The first-order valence-corrected chi connectivity index (χ1v) is 6.22. The molecule has 0 atom stereocenters. The van der Waals surface area contributed by atoms with Crippen LogP contribution in [0.1, 0.15) is 37.0 Å². The molecular weight excluding hydrogens is 214 g/mol. The lowest BCUT2D eigenvalue weighted by Crippen LogP contribution is -2.33. The normalized spacial score (nSPS) is 22.7. The third kappa shape index (κ3) is 2.99. The first kappa shape index (κ1) is 12.0. The van der Waals surface area contributed by atoms with Crippen molar-refractivity contribution in [3.63, 3.8) is 0 Å². The zero-order valence-corrected chi connectivity index (χ0v) is 10.4. The van der Waals surface area contributed by atoms with Crippen LogP contribution in [0.25, 0.3) is 0 Å². The second-order valence-electron chi connectivity index (χ2n) is 4.72. The van der Waals surface area contributed by atoms with Crippen LogP contribution in [-0.2, 0) is 4.74 Å².